The molecule has 4 aromatic rings. The Balaban J connectivity index is 1.49. The molecular weight excluding hydrogens is 346 g/mol. The minimum atomic E-state index is -0.161. The Morgan fingerprint density at radius 1 is 1.19 bits per heavy atom. The van der Waals surface area contributed by atoms with E-state index in [0.717, 1.165) is 35.0 Å². The number of imidazole rings is 1. The van der Waals surface area contributed by atoms with Crippen molar-refractivity contribution in [2.24, 2.45) is 0 Å². The van der Waals surface area contributed by atoms with Crippen LogP contribution in [0.25, 0.3) is 22.0 Å². The third-order valence-electron chi connectivity index (χ3n) is 4.10. The van der Waals surface area contributed by atoms with Gasteiger partial charge < -0.3 is 9.88 Å². The molecule has 1 amide bonds. The summed E-state index contributed by atoms with van der Waals surface area (Å²) < 4.78 is 1.99. The number of pyridine rings is 2. The lowest BCUT2D eigenvalue weighted by molar-refractivity contribution is 0.0948. The molecule has 0 saturated carbocycles. The average molecular weight is 363 g/mol. The lowest BCUT2D eigenvalue weighted by Crippen LogP contribution is -2.26. The zero-order valence-corrected chi connectivity index (χ0v) is 14.8. The van der Waals surface area contributed by atoms with Gasteiger partial charge in [0, 0.05) is 48.8 Å². The lowest BCUT2D eigenvalue weighted by atomic mass is 10.1. The maximum Gasteiger partial charge on any atom is 0.269 e. The summed E-state index contributed by atoms with van der Waals surface area (Å²) in [7, 11) is 0. The number of hydrogen-bond donors (Lipinski definition) is 1. The normalized spacial score (nSPS) is 10.9. The summed E-state index contributed by atoms with van der Waals surface area (Å²) in [5.41, 5.74) is 3.23. The molecule has 0 radical (unpaired) electrons. The SMILES string of the molecule is O=C(NCCCn1ccnc1)c1ccc2cncc(-c3ccsc3)c2n1. The summed E-state index contributed by atoms with van der Waals surface area (Å²) in [6, 6.07) is 5.67. The Kier molecular flexibility index (Phi) is 4.70. The lowest BCUT2D eigenvalue weighted by Gasteiger charge is -2.08. The third kappa shape index (κ3) is 3.48. The van der Waals surface area contributed by atoms with Crippen molar-refractivity contribution >= 4 is 28.1 Å². The van der Waals surface area contributed by atoms with E-state index < -0.39 is 0 Å². The van der Waals surface area contributed by atoms with Crippen molar-refractivity contribution in [3.8, 4) is 11.1 Å². The summed E-state index contributed by atoms with van der Waals surface area (Å²) in [5.74, 6) is -0.161. The van der Waals surface area contributed by atoms with E-state index in [2.05, 4.69) is 25.6 Å². The Morgan fingerprint density at radius 3 is 2.96 bits per heavy atom. The first kappa shape index (κ1) is 16.4. The van der Waals surface area contributed by atoms with E-state index in [1.807, 2.05) is 28.3 Å². The van der Waals surface area contributed by atoms with Crippen LogP contribution in [-0.4, -0.2) is 32.0 Å². The quantitative estimate of drug-likeness (QED) is 0.533. The van der Waals surface area contributed by atoms with Crippen molar-refractivity contribution < 1.29 is 4.79 Å². The average Bonchev–Trinajstić information content (AvgIpc) is 3.38. The van der Waals surface area contributed by atoms with E-state index in [-0.39, 0.29) is 5.91 Å². The number of amides is 1. The number of nitrogens with zero attached hydrogens (tertiary/aromatic N) is 4. The number of fused-ring (bicyclic) bond motifs is 1. The molecule has 0 bridgehead atoms. The fourth-order valence-corrected chi connectivity index (χ4v) is 3.43. The predicted octanol–water partition coefficient (Wildman–Crippen LogP) is 3.37. The summed E-state index contributed by atoms with van der Waals surface area (Å²) in [4.78, 5) is 25.3. The second-order valence-electron chi connectivity index (χ2n) is 5.88. The molecule has 0 saturated heterocycles. The summed E-state index contributed by atoms with van der Waals surface area (Å²) in [5, 5.41) is 7.93. The monoisotopic (exact) mass is 363 g/mol. The number of aromatic nitrogens is 4. The highest BCUT2D eigenvalue weighted by atomic mass is 32.1. The van der Waals surface area contributed by atoms with Gasteiger partial charge in [-0.25, -0.2) is 9.97 Å². The number of rotatable bonds is 6. The molecule has 6 nitrogen and oxygen atoms in total. The highest BCUT2D eigenvalue weighted by Crippen LogP contribution is 2.28. The Labute approximate surface area is 154 Å². The van der Waals surface area contributed by atoms with Crippen molar-refractivity contribution in [3.63, 3.8) is 0 Å². The van der Waals surface area contributed by atoms with E-state index in [1.54, 1.807) is 42.3 Å². The largest absolute Gasteiger partial charge is 0.351 e. The summed E-state index contributed by atoms with van der Waals surface area (Å²) in [6.07, 6.45) is 9.83. The maximum absolute atomic E-state index is 12.4. The van der Waals surface area contributed by atoms with Gasteiger partial charge in [0.25, 0.3) is 5.91 Å². The predicted molar refractivity (Wildman–Crippen MR) is 102 cm³/mol. The zero-order chi connectivity index (χ0) is 17.8. The van der Waals surface area contributed by atoms with Crippen LogP contribution in [-0.2, 0) is 6.54 Å². The minimum absolute atomic E-state index is 0.161. The maximum atomic E-state index is 12.4. The van der Waals surface area contributed by atoms with Crippen LogP contribution < -0.4 is 5.32 Å². The molecule has 4 heterocycles. The van der Waals surface area contributed by atoms with E-state index >= 15 is 0 Å². The molecule has 0 atom stereocenters. The van der Waals surface area contributed by atoms with E-state index in [4.69, 9.17) is 0 Å². The van der Waals surface area contributed by atoms with Gasteiger partial charge in [-0.2, -0.15) is 11.3 Å². The fourth-order valence-electron chi connectivity index (χ4n) is 2.77. The number of carbonyl (C=O) groups excluding carboxylic acids is 1. The molecule has 0 aliphatic carbocycles. The second kappa shape index (κ2) is 7.45. The highest BCUT2D eigenvalue weighted by Gasteiger charge is 2.11. The molecule has 1 N–H and O–H groups in total. The topological polar surface area (TPSA) is 72.7 Å². The number of thiophene rings is 1. The van der Waals surface area contributed by atoms with E-state index in [0.29, 0.717) is 12.2 Å². The van der Waals surface area contributed by atoms with Crippen molar-refractivity contribution in [1.82, 2.24) is 24.8 Å². The molecule has 130 valence electrons. The van der Waals surface area contributed by atoms with Crippen molar-refractivity contribution in [2.45, 2.75) is 13.0 Å². The van der Waals surface area contributed by atoms with Gasteiger partial charge in [-0.3, -0.25) is 9.78 Å². The van der Waals surface area contributed by atoms with Gasteiger partial charge in [0.2, 0.25) is 0 Å². The van der Waals surface area contributed by atoms with Gasteiger partial charge in [-0.1, -0.05) is 0 Å². The second-order valence-corrected chi connectivity index (χ2v) is 6.66. The Hall–Kier alpha value is -3.06. The molecule has 7 heteroatoms. The number of aryl methyl sites for hydroxylation is 1. The van der Waals surface area contributed by atoms with E-state index in [9.17, 15) is 4.79 Å². The summed E-state index contributed by atoms with van der Waals surface area (Å²) >= 11 is 1.62. The van der Waals surface area contributed by atoms with Crippen LogP contribution in [0.4, 0.5) is 0 Å². The molecule has 4 aromatic heterocycles. The fraction of sp³-hybridized carbons (Fsp3) is 0.158. The van der Waals surface area contributed by atoms with Gasteiger partial charge in [0.1, 0.15) is 5.69 Å². The molecule has 0 aliphatic rings. The minimum Gasteiger partial charge on any atom is -0.351 e. The van der Waals surface area contributed by atoms with Crippen molar-refractivity contribution in [1.29, 1.82) is 0 Å². The molecule has 0 aromatic carbocycles. The highest BCUT2D eigenvalue weighted by molar-refractivity contribution is 7.08. The van der Waals surface area contributed by atoms with Gasteiger partial charge in [-0.15, -0.1) is 0 Å². The van der Waals surface area contributed by atoms with Crippen LogP contribution in [0.2, 0.25) is 0 Å². The number of nitrogens with one attached hydrogen (secondary N) is 1. The van der Waals surface area contributed by atoms with Crippen LogP contribution in [0.5, 0.6) is 0 Å². The standard InChI is InChI=1S/C19H17N5OS/c25-19(22-5-1-7-24-8-6-20-13-24)17-3-2-14-10-21-11-16(18(14)23-17)15-4-9-26-12-15/h2-4,6,8-13H,1,5,7H2,(H,22,25). The first-order valence-electron chi connectivity index (χ1n) is 8.32. The molecule has 0 fully saturated rings. The number of carbonyl (C=O) groups is 1. The molecule has 26 heavy (non-hydrogen) atoms. The van der Waals surface area contributed by atoms with Gasteiger partial charge >= 0.3 is 0 Å². The first-order chi connectivity index (χ1) is 12.8. The van der Waals surface area contributed by atoms with Crippen LogP contribution in [0.3, 0.4) is 0 Å². The molecule has 0 aliphatic heterocycles. The zero-order valence-electron chi connectivity index (χ0n) is 14.0. The molecule has 0 unspecified atom stereocenters. The number of hydrogen-bond acceptors (Lipinski definition) is 5. The van der Waals surface area contributed by atoms with Crippen LogP contribution in [0.1, 0.15) is 16.9 Å². The third-order valence-corrected chi connectivity index (χ3v) is 4.78. The smallest absolute Gasteiger partial charge is 0.269 e. The summed E-state index contributed by atoms with van der Waals surface area (Å²) in [6.45, 7) is 1.41. The molecular formula is C19H17N5OS. The molecule has 4 rings (SSSR count). The van der Waals surface area contributed by atoms with Gasteiger partial charge in [-0.05, 0) is 40.9 Å². The van der Waals surface area contributed by atoms with Gasteiger partial charge in [0.05, 0.1) is 11.8 Å². The molecule has 0 spiro atoms. The van der Waals surface area contributed by atoms with Crippen LogP contribution >= 0.6 is 11.3 Å². The van der Waals surface area contributed by atoms with Gasteiger partial charge in [0.15, 0.2) is 0 Å². The van der Waals surface area contributed by atoms with Crippen molar-refractivity contribution in [2.75, 3.05) is 6.54 Å². The van der Waals surface area contributed by atoms with Crippen LogP contribution in [0, 0.1) is 0 Å². The Morgan fingerprint density at radius 2 is 2.15 bits per heavy atom. The first-order valence-corrected chi connectivity index (χ1v) is 9.27. The van der Waals surface area contributed by atoms with Crippen molar-refractivity contribution in [3.05, 3.63) is 65.8 Å². The Bertz CT molecular complexity index is 1010. The van der Waals surface area contributed by atoms with Crippen LogP contribution in [0.15, 0.2) is 60.1 Å². The van der Waals surface area contributed by atoms with E-state index in [1.165, 1.54) is 0 Å².